The van der Waals surface area contributed by atoms with Crippen LogP contribution in [0.2, 0.25) is 0 Å². The lowest BCUT2D eigenvalue weighted by atomic mass is 10.2. The Balaban J connectivity index is 1.86. The number of hydrogen-bond acceptors (Lipinski definition) is 4. The van der Waals surface area contributed by atoms with Gasteiger partial charge < -0.3 is 9.84 Å². The molecule has 1 aliphatic heterocycles. The predicted octanol–water partition coefficient (Wildman–Crippen LogP) is 0.795. The fourth-order valence-electron chi connectivity index (χ4n) is 2.07. The molecule has 1 aliphatic rings. The number of nitrogens with zero attached hydrogens (tertiary/aromatic N) is 1. The van der Waals surface area contributed by atoms with Crippen LogP contribution in [-0.4, -0.2) is 41.7 Å². The molecular formula is C13H17NO3. The Morgan fingerprint density at radius 1 is 1.47 bits per heavy atom. The van der Waals surface area contributed by atoms with Gasteiger partial charge in [0.2, 0.25) is 0 Å². The Kier molecular flexibility index (Phi) is 3.76. The second-order valence-electron chi connectivity index (χ2n) is 4.44. The molecular weight excluding hydrogens is 218 g/mol. The maximum Gasteiger partial charge on any atom is 0.323 e. The second kappa shape index (κ2) is 5.29. The molecule has 0 radical (unpaired) electrons. The number of benzene rings is 1. The average molecular weight is 235 g/mol. The van der Waals surface area contributed by atoms with Crippen molar-refractivity contribution >= 4 is 5.97 Å². The van der Waals surface area contributed by atoms with E-state index in [1.807, 2.05) is 42.3 Å². The van der Waals surface area contributed by atoms with Gasteiger partial charge in [0.05, 0.1) is 6.10 Å². The van der Waals surface area contributed by atoms with Gasteiger partial charge in [-0.2, -0.15) is 0 Å². The lowest BCUT2D eigenvalue weighted by Gasteiger charge is -2.17. The Morgan fingerprint density at radius 2 is 2.18 bits per heavy atom. The van der Waals surface area contributed by atoms with E-state index < -0.39 is 6.10 Å². The molecule has 2 rings (SSSR count). The van der Waals surface area contributed by atoms with Crippen molar-refractivity contribution in [1.82, 2.24) is 4.90 Å². The summed E-state index contributed by atoms with van der Waals surface area (Å²) in [4.78, 5) is 13.6. The molecule has 1 aromatic rings. The van der Waals surface area contributed by atoms with Crippen molar-refractivity contribution in [2.24, 2.45) is 0 Å². The van der Waals surface area contributed by atoms with E-state index in [1.54, 1.807) is 0 Å². The summed E-state index contributed by atoms with van der Waals surface area (Å²) in [7, 11) is 1.82. The topological polar surface area (TPSA) is 49.8 Å². The smallest absolute Gasteiger partial charge is 0.323 e. The molecule has 1 heterocycles. The molecule has 1 N–H and O–H groups in total. The first-order valence-corrected chi connectivity index (χ1v) is 5.75. The molecule has 0 aromatic heterocycles. The van der Waals surface area contributed by atoms with Crippen LogP contribution >= 0.6 is 0 Å². The van der Waals surface area contributed by atoms with Gasteiger partial charge in [0.25, 0.3) is 0 Å². The third-order valence-electron chi connectivity index (χ3n) is 3.02. The lowest BCUT2D eigenvalue weighted by molar-refractivity contribution is -0.149. The number of ether oxygens (including phenoxy) is 1. The molecule has 4 nitrogen and oxygen atoms in total. The zero-order chi connectivity index (χ0) is 12.3. The van der Waals surface area contributed by atoms with Crippen molar-refractivity contribution in [3.63, 3.8) is 0 Å². The largest absolute Gasteiger partial charge is 0.460 e. The standard InChI is InChI=1S/C13H17NO3/c1-14-8-11(15)7-12(14)13(16)17-9-10-5-3-2-4-6-10/h2-6,11-12,15H,7-9H2,1H3/t11-,12+/m1/s1. The first kappa shape index (κ1) is 12.1. The number of β-amino-alcohol motifs (C(OH)–C–C–N with tert-alkyl or cyclic N) is 1. The molecule has 1 fully saturated rings. The van der Waals surface area contributed by atoms with Crippen LogP contribution in [0.4, 0.5) is 0 Å². The minimum atomic E-state index is -0.422. The normalized spacial score (nSPS) is 24.8. The molecule has 1 saturated heterocycles. The van der Waals surface area contributed by atoms with Gasteiger partial charge in [0.1, 0.15) is 12.6 Å². The number of aliphatic hydroxyl groups excluding tert-OH is 1. The van der Waals surface area contributed by atoms with Gasteiger partial charge in [-0.05, 0) is 12.6 Å². The van der Waals surface area contributed by atoms with Crippen molar-refractivity contribution < 1.29 is 14.6 Å². The number of hydrogen-bond donors (Lipinski definition) is 1. The summed E-state index contributed by atoms with van der Waals surface area (Å²) in [6.45, 7) is 0.825. The minimum absolute atomic E-state index is 0.257. The molecule has 4 heteroatoms. The van der Waals surface area contributed by atoms with Crippen LogP contribution < -0.4 is 0 Å². The van der Waals surface area contributed by atoms with Gasteiger partial charge in [-0.3, -0.25) is 9.69 Å². The maximum absolute atomic E-state index is 11.8. The van der Waals surface area contributed by atoms with Crippen molar-refractivity contribution in [3.8, 4) is 0 Å². The zero-order valence-corrected chi connectivity index (χ0v) is 9.87. The van der Waals surface area contributed by atoms with Crippen molar-refractivity contribution in [3.05, 3.63) is 35.9 Å². The lowest BCUT2D eigenvalue weighted by Crippen LogP contribution is -2.34. The summed E-state index contributed by atoms with van der Waals surface area (Å²) in [5, 5.41) is 9.45. The van der Waals surface area contributed by atoms with E-state index in [0.29, 0.717) is 19.6 Å². The number of likely N-dealkylation sites (N-methyl/N-ethyl adjacent to an activating group) is 1. The summed E-state index contributed by atoms with van der Waals surface area (Å²) in [5.41, 5.74) is 0.974. The van der Waals surface area contributed by atoms with Crippen LogP contribution in [-0.2, 0) is 16.1 Å². The Labute approximate surface area is 101 Å². The number of esters is 1. The van der Waals surface area contributed by atoms with Crippen LogP contribution in [0.15, 0.2) is 30.3 Å². The van der Waals surface area contributed by atoms with Gasteiger partial charge in [-0.15, -0.1) is 0 Å². The molecule has 92 valence electrons. The van der Waals surface area contributed by atoms with Gasteiger partial charge in [0, 0.05) is 13.0 Å². The van der Waals surface area contributed by atoms with E-state index in [2.05, 4.69) is 0 Å². The number of carbonyl (C=O) groups excluding carboxylic acids is 1. The summed E-state index contributed by atoms with van der Waals surface area (Å²) in [5.74, 6) is -0.257. The summed E-state index contributed by atoms with van der Waals surface area (Å²) in [6.07, 6.45) is 0.0405. The monoisotopic (exact) mass is 235 g/mol. The minimum Gasteiger partial charge on any atom is -0.460 e. The van der Waals surface area contributed by atoms with E-state index in [0.717, 1.165) is 5.56 Å². The fraction of sp³-hybridized carbons (Fsp3) is 0.462. The van der Waals surface area contributed by atoms with Gasteiger partial charge in [-0.25, -0.2) is 0 Å². The molecule has 17 heavy (non-hydrogen) atoms. The highest BCUT2D eigenvalue weighted by molar-refractivity contribution is 5.76. The van der Waals surface area contributed by atoms with Crippen LogP contribution in [0.5, 0.6) is 0 Å². The van der Waals surface area contributed by atoms with Crippen LogP contribution in [0.1, 0.15) is 12.0 Å². The second-order valence-corrected chi connectivity index (χ2v) is 4.44. The Morgan fingerprint density at radius 3 is 2.76 bits per heavy atom. The summed E-state index contributed by atoms with van der Waals surface area (Å²) >= 11 is 0. The van der Waals surface area contributed by atoms with Gasteiger partial charge >= 0.3 is 5.97 Å². The number of carbonyl (C=O) groups is 1. The average Bonchev–Trinajstić information content (AvgIpc) is 2.67. The summed E-state index contributed by atoms with van der Waals surface area (Å²) in [6, 6.07) is 9.27. The van der Waals surface area contributed by atoms with E-state index in [4.69, 9.17) is 4.74 Å². The van der Waals surface area contributed by atoms with E-state index >= 15 is 0 Å². The third kappa shape index (κ3) is 3.05. The van der Waals surface area contributed by atoms with Crippen molar-refractivity contribution in [1.29, 1.82) is 0 Å². The highest BCUT2D eigenvalue weighted by Crippen LogP contribution is 2.17. The SMILES string of the molecule is CN1C[C@H](O)C[C@H]1C(=O)OCc1ccccc1. The maximum atomic E-state index is 11.8. The van der Waals surface area contributed by atoms with Crippen molar-refractivity contribution in [2.75, 3.05) is 13.6 Å². The van der Waals surface area contributed by atoms with Gasteiger partial charge in [-0.1, -0.05) is 30.3 Å². The van der Waals surface area contributed by atoms with Crippen LogP contribution in [0, 0.1) is 0 Å². The van der Waals surface area contributed by atoms with Gasteiger partial charge in [0.15, 0.2) is 0 Å². The Bertz CT molecular complexity index is 380. The first-order valence-electron chi connectivity index (χ1n) is 5.75. The van der Waals surface area contributed by atoms with E-state index in [-0.39, 0.29) is 12.0 Å². The third-order valence-corrected chi connectivity index (χ3v) is 3.02. The Hall–Kier alpha value is -1.39. The first-order chi connectivity index (χ1) is 8.16. The molecule has 0 saturated carbocycles. The molecule has 1 aromatic carbocycles. The zero-order valence-electron chi connectivity index (χ0n) is 9.87. The fourth-order valence-corrected chi connectivity index (χ4v) is 2.07. The molecule has 0 amide bonds. The van der Waals surface area contributed by atoms with Crippen LogP contribution in [0.25, 0.3) is 0 Å². The quantitative estimate of drug-likeness (QED) is 0.787. The highest BCUT2D eigenvalue weighted by Gasteiger charge is 2.34. The molecule has 0 unspecified atom stereocenters. The highest BCUT2D eigenvalue weighted by atomic mass is 16.5. The molecule has 0 spiro atoms. The van der Waals surface area contributed by atoms with Crippen molar-refractivity contribution in [2.45, 2.75) is 25.2 Å². The predicted molar refractivity (Wildman–Crippen MR) is 63.3 cm³/mol. The summed E-state index contributed by atoms with van der Waals surface area (Å²) < 4.78 is 5.24. The number of likely N-dealkylation sites (tertiary alicyclic amines) is 1. The van der Waals surface area contributed by atoms with E-state index in [9.17, 15) is 9.90 Å². The van der Waals surface area contributed by atoms with Crippen LogP contribution in [0.3, 0.4) is 0 Å². The molecule has 0 aliphatic carbocycles. The molecule has 0 bridgehead atoms. The number of aliphatic hydroxyl groups is 1. The van der Waals surface area contributed by atoms with E-state index in [1.165, 1.54) is 0 Å². The number of rotatable bonds is 3. The molecule has 2 atom stereocenters.